The molecule has 5 aromatic rings. The summed E-state index contributed by atoms with van der Waals surface area (Å²) in [5, 5.41) is 0.987. The minimum atomic E-state index is -0.780. The van der Waals surface area contributed by atoms with E-state index in [2.05, 4.69) is 83.7 Å². The lowest BCUT2D eigenvalue weighted by molar-refractivity contribution is -0.432. The van der Waals surface area contributed by atoms with Crippen molar-refractivity contribution in [1.29, 1.82) is 0 Å². The van der Waals surface area contributed by atoms with Crippen LogP contribution >= 0.6 is 0 Å². The molecule has 2 aliphatic rings. The molecule has 1 saturated carbocycles. The first kappa shape index (κ1) is 26.1. The van der Waals surface area contributed by atoms with Gasteiger partial charge in [0.2, 0.25) is 5.69 Å². The molecule has 42 heavy (non-hydrogen) atoms. The van der Waals surface area contributed by atoms with Gasteiger partial charge in [0.05, 0.1) is 16.7 Å². The molecule has 1 aromatic heterocycles. The molecule has 0 amide bonds. The molecule has 0 atom stereocenters. The van der Waals surface area contributed by atoms with Crippen LogP contribution < -0.4 is 0 Å². The Labute approximate surface area is 246 Å². The van der Waals surface area contributed by atoms with Crippen molar-refractivity contribution in [2.24, 2.45) is 0 Å². The number of hydrogen-bond donors (Lipinski definition) is 0. The maximum Gasteiger partial charge on any atom is 0.213 e. The van der Waals surface area contributed by atoms with E-state index in [0.29, 0.717) is 5.57 Å². The quantitative estimate of drug-likeness (QED) is 0.0961. The molecule has 206 valence electrons. The SMILES string of the molecule is CCn1c(C)c(C2C(=O)C(=C3C(C)=[N+](CC)c4ccc(-c5ccccc5)cc43)C2=O)c2cc(-c3ccccc3)ccc21. The molecule has 0 unspecified atom stereocenters. The van der Waals surface area contributed by atoms with Crippen molar-refractivity contribution >= 4 is 39.4 Å². The van der Waals surface area contributed by atoms with E-state index in [1.165, 1.54) is 0 Å². The molecule has 4 heteroatoms. The van der Waals surface area contributed by atoms with E-state index in [4.69, 9.17) is 0 Å². The molecule has 1 fully saturated rings. The molecule has 2 heterocycles. The third-order valence-electron chi connectivity index (χ3n) is 9.10. The van der Waals surface area contributed by atoms with Gasteiger partial charge in [0, 0.05) is 36.1 Å². The Hall–Kier alpha value is -4.83. The summed E-state index contributed by atoms with van der Waals surface area (Å²) in [6.07, 6.45) is 0. The Morgan fingerprint density at radius 1 is 0.690 bits per heavy atom. The van der Waals surface area contributed by atoms with Gasteiger partial charge in [0.1, 0.15) is 12.5 Å². The number of carbonyl (C=O) groups excluding carboxylic acids is 2. The molecule has 1 aliphatic carbocycles. The fraction of sp³-hybridized carbons (Fsp3) is 0.184. The van der Waals surface area contributed by atoms with Crippen LogP contribution in [-0.4, -0.2) is 33.0 Å². The first-order chi connectivity index (χ1) is 20.4. The average Bonchev–Trinajstić information content (AvgIpc) is 3.46. The number of Topliss-reactive ketones (excluding diaryl/α,β-unsaturated/α-hetero) is 2. The van der Waals surface area contributed by atoms with E-state index >= 15 is 0 Å². The van der Waals surface area contributed by atoms with Crippen molar-refractivity contribution < 1.29 is 14.2 Å². The third kappa shape index (κ3) is 3.71. The lowest BCUT2D eigenvalue weighted by Crippen LogP contribution is -2.40. The first-order valence-corrected chi connectivity index (χ1v) is 14.8. The van der Waals surface area contributed by atoms with Crippen molar-refractivity contribution in [2.75, 3.05) is 6.54 Å². The second kappa shape index (κ2) is 9.92. The molecule has 0 radical (unpaired) electrons. The number of carbonyl (C=O) groups is 2. The topological polar surface area (TPSA) is 42.1 Å². The smallest absolute Gasteiger partial charge is 0.213 e. The van der Waals surface area contributed by atoms with Crippen molar-refractivity contribution in [3.05, 3.63) is 119 Å². The summed E-state index contributed by atoms with van der Waals surface area (Å²) < 4.78 is 4.43. The number of rotatable bonds is 5. The lowest BCUT2D eigenvalue weighted by Gasteiger charge is -2.28. The third-order valence-corrected chi connectivity index (χ3v) is 9.10. The van der Waals surface area contributed by atoms with Crippen LogP contribution in [-0.2, 0) is 16.1 Å². The number of nitrogens with zero attached hydrogens (tertiary/aromatic N) is 2. The molecule has 4 aromatic carbocycles. The summed E-state index contributed by atoms with van der Waals surface area (Å²) in [6.45, 7) is 9.81. The van der Waals surface area contributed by atoms with Gasteiger partial charge in [-0.05, 0) is 72.9 Å². The number of fused-ring (bicyclic) bond motifs is 2. The number of hydrogen-bond acceptors (Lipinski definition) is 2. The summed E-state index contributed by atoms with van der Waals surface area (Å²) in [4.78, 5) is 28.4. The van der Waals surface area contributed by atoms with Gasteiger partial charge in [0.15, 0.2) is 17.3 Å². The van der Waals surface area contributed by atoms with Crippen LogP contribution in [0.3, 0.4) is 0 Å². The summed E-state index contributed by atoms with van der Waals surface area (Å²) in [5.74, 6) is -0.934. The Kier molecular flexibility index (Phi) is 6.16. The number of aryl methyl sites for hydroxylation is 1. The molecular weight excluding hydrogens is 516 g/mol. The second-order valence-electron chi connectivity index (χ2n) is 11.2. The highest BCUT2D eigenvalue weighted by molar-refractivity contribution is 6.50. The molecular formula is C38H33N2O2+. The molecule has 0 N–H and O–H groups in total. The Bertz CT molecular complexity index is 1970. The highest BCUT2D eigenvalue weighted by Gasteiger charge is 2.51. The highest BCUT2D eigenvalue weighted by atomic mass is 16.2. The van der Waals surface area contributed by atoms with Crippen molar-refractivity contribution in [1.82, 2.24) is 4.57 Å². The summed E-state index contributed by atoms with van der Waals surface area (Å²) in [7, 11) is 0. The van der Waals surface area contributed by atoms with Crippen LogP contribution in [0, 0.1) is 6.92 Å². The first-order valence-electron chi connectivity index (χ1n) is 14.8. The number of ketones is 2. The number of aromatic nitrogens is 1. The van der Waals surface area contributed by atoms with E-state index < -0.39 is 5.92 Å². The van der Waals surface area contributed by atoms with Crippen LogP contribution in [0.25, 0.3) is 38.7 Å². The average molecular weight is 550 g/mol. The fourth-order valence-electron chi connectivity index (χ4n) is 7.07. The predicted octanol–water partition coefficient (Wildman–Crippen LogP) is 8.13. The Morgan fingerprint density at radius 2 is 1.29 bits per heavy atom. The van der Waals surface area contributed by atoms with E-state index in [9.17, 15) is 9.59 Å². The zero-order valence-corrected chi connectivity index (χ0v) is 24.4. The largest absolute Gasteiger partial charge is 0.345 e. The molecule has 1 aliphatic heterocycles. The van der Waals surface area contributed by atoms with Crippen LogP contribution in [0.5, 0.6) is 0 Å². The van der Waals surface area contributed by atoms with Crippen LogP contribution in [0.2, 0.25) is 0 Å². The predicted molar refractivity (Wildman–Crippen MR) is 170 cm³/mol. The lowest BCUT2D eigenvalue weighted by atomic mass is 9.69. The highest BCUT2D eigenvalue weighted by Crippen LogP contribution is 2.47. The molecule has 0 spiro atoms. The number of benzene rings is 4. The van der Waals surface area contributed by atoms with Gasteiger partial charge in [-0.3, -0.25) is 9.59 Å². The maximum absolute atomic E-state index is 14.2. The summed E-state index contributed by atoms with van der Waals surface area (Å²) in [6, 6.07) is 33.3. The van der Waals surface area contributed by atoms with Gasteiger partial charge >= 0.3 is 0 Å². The monoisotopic (exact) mass is 549 g/mol. The molecule has 7 rings (SSSR count). The standard InChI is InChI=1S/C38H33N2O2/c1-5-39-23(3)33(29-21-27(17-19-31(29)39)25-13-9-7-10-14-25)35-37(41)36(38(35)42)34-24(4)40(6-2)32-20-18-28(22-30(32)34)26-15-11-8-12-16-26/h7-22,35H,5-6H2,1-4H3/q+1. The maximum atomic E-state index is 14.2. The van der Waals surface area contributed by atoms with E-state index in [0.717, 1.165) is 80.0 Å². The fourth-order valence-corrected chi connectivity index (χ4v) is 7.07. The van der Waals surface area contributed by atoms with Crippen LogP contribution in [0.15, 0.2) is 103 Å². The van der Waals surface area contributed by atoms with E-state index in [1.54, 1.807) is 0 Å². The van der Waals surface area contributed by atoms with Crippen molar-refractivity contribution in [3.63, 3.8) is 0 Å². The number of allylic oxidation sites excluding steroid dienone is 2. The summed E-state index contributed by atoms with van der Waals surface area (Å²) in [5.41, 5.74) is 11.4. The van der Waals surface area contributed by atoms with Crippen LogP contribution in [0.1, 0.15) is 43.5 Å². The minimum Gasteiger partial charge on any atom is -0.345 e. The van der Waals surface area contributed by atoms with Crippen molar-refractivity contribution in [3.8, 4) is 22.3 Å². The van der Waals surface area contributed by atoms with Gasteiger partial charge < -0.3 is 4.57 Å². The Morgan fingerprint density at radius 3 is 1.88 bits per heavy atom. The van der Waals surface area contributed by atoms with Gasteiger partial charge in [-0.1, -0.05) is 66.7 Å². The normalized spacial score (nSPS) is 16.4. The van der Waals surface area contributed by atoms with Gasteiger partial charge in [0.25, 0.3) is 0 Å². The van der Waals surface area contributed by atoms with Gasteiger partial charge in [-0.15, -0.1) is 0 Å². The Balaban J connectivity index is 1.38. The van der Waals surface area contributed by atoms with Gasteiger partial charge in [-0.25, -0.2) is 0 Å². The molecule has 0 bridgehead atoms. The minimum absolute atomic E-state index is 0.0771. The van der Waals surface area contributed by atoms with E-state index in [-0.39, 0.29) is 11.6 Å². The second-order valence-corrected chi connectivity index (χ2v) is 11.2. The van der Waals surface area contributed by atoms with E-state index in [1.807, 2.05) is 50.2 Å². The van der Waals surface area contributed by atoms with Gasteiger partial charge in [-0.2, -0.15) is 4.58 Å². The zero-order chi connectivity index (χ0) is 29.1. The summed E-state index contributed by atoms with van der Waals surface area (Å²) >= 11 is 0. The molecule has 0 saturated heterocycles. The van der Waals surface area contributed by atoms with Crippen molar-refractivity contribution in [2.45, 2.75) is 40.2 Å². The zero-order valence-electron chi connectivity index (χ0n) is 24.4. The molecule has 4 nitrogen and oxygen atoms in total. The van der Waals surface area contributed by atoms with Crippen LogP contribution in [0.4, 0.5) is 5.69 Å².